The van der Waals surface area contributed by atoms with Gasteiger partial charge in [-0.25, -0.2) is 0 Å². The number of rotatable bonds is 6. The monoisotopic (exact) mass is 755 g/mol. The van der Waals surface area contributed by atoms with Gasteiger partial charge in [-0.2, -0.15) is 0 Å². The summed E-state index contributed by atoms with van der Waals surface area (Å²) in [5.41, 5.74) is 18.1. The maximum Gasteiger partial charge on any atom is 0.0714 e. The lowest BCUT2D eigenvalue weighted by Gasteiger charge is -2.36. The van der Waals surface area contributed by atoms with Crippen molar-refractivity contribution in [2.75, 3.05) is 4.90 Å². The number of anilines is 3. The summed E-state index contributed by atoms with van der Waals surface area (Å²) < 4.78 is 1.06. The van der Waals surface area contributed by atoms with Gasteiger partial charge in [-0.15, -0.1) is 0 Å². The SMILES string of the molecule is CC1(C)c2cc(-c3ccccc3)ccc2-c2cc(Br)cc(N(c3ccccc3)c3ccc4c(c3)C(c3ccccc3)(c3ccccc3)c3ccccc3-4)c21. The van der Waals surface area contributed by atoms with Crippen LogP contribution in [0.1, 0.15) is 47.2 Å². The summed E-state index contributed by atoms with van der Waals surface area (Å²) in [5, 5.41) is 0. The Balaban J connectivity index is 1.23. The van der Waals surface area contributed by atoms with Crippen LogP contribution < -0.4 is 4.90 Å². The van der Waals surface area contributed by atoms with Crippen molar-refractivity contribution in [3.63, 3.8) is 0 Å². The van der Waals surface area contributed by atoms with Gasteiger partial charge in [0.25, 0.3) is 0 Å². The van der Waals surface area contributed by atoms with Crippen LogP contribution in [0, 0.1) is 0 Å². The lowest BCUT2D eigenvalue weighted by atomic mass is 9.67. The molecule has 0 aromatic heterocycles. The lowest BCUT2D eigenvalue weighted by Crippen LogP contribution is -2.28. The minimum atomic E-state index is -0.491. The van der Waals surface area contributed by atoms with E-state index in [4.69, 9.17) is 0 Å². The standard InChI is InChI=1S/C52H38BrN/c1-51(2)47-31-36(35-17-7-3-8-18-35)27-29-44(47)45-32-39(53)33-49(50(45)51)54(40-23-13-6-14-24-40)41-28-30-43-42-25-15-16-26-46(42)52(48(43)34-41,37-19-9-4-10-20-37)38-21-11-5-12-22-38/h3-34H,1-2H3. The van der Waals surface area contributed by atoms with E-state index in [9.17, 15) is 0 Å². The first-order valence-electron chi connectivity index (χ1n) is 18.7. The second-order valence-corrected chi connectivity index (χ2v) is 15.9. The van der Waals surface area contributed by atoms with E-state index in [1.165, 1.54) is 72.4 Å². The van der Waals surface area contributed by atoms with Gasteiger partial charge in [-0.3, -0.25) is 0 Å². The molecule has 0 atom stereocenters. The van der Waals surface area contributed by atoms with Crippen LogP contribution in [-0.2, 0) is 10.8 Å². The third kappa shape index (κ3) is 4.83. The fraction of sp³-hybridized carbons (Fsp3) is 0.0769. The summed E-state index contributed by atoms with van der Waals surface area (Å²) in [6, 6.07) is 71.5. The van der Waals surface area contributed by atoms with Crippen LogP contribution >= 0.6 is 15.9 Å². The van der Waals surface area contributed by atoms with E-state index in [2.05, 4.69) is 229 Å². The maximum atomic E-state index is 3.99. The van der Waals surface area contributed by atoms with Crippen LogP contribution in [0.3, 0.4) is 0 Å². The van der Waals surface area contributed by atoms with E-state index >= 15 is 0 Å². The van der Waals surface area contributed by atoms with Crippen molar-refractivity contribution in [2.24, 2.45) is 0 Å². The highest BCUT2D eigenvalue weighted by Gasteiger charge is 2.46. The second kappa shape index (κ2) is 12.6. The Labute approximate surface area is 326 Å². The molecule has 2 aliphatic carbocycles. The predicted molar refractivity (Wildman–Crippen MR) is 229 cm³/mol. The molecule has 2 aliphatic rings. The van der Waals surface area contributed by atoms with Gasteiger partial charge in [0.1, 0.15) is 0 Å². The maximum absolute atomic E-state index is 3.99. The van der Waals surface area contributed by atoms with Crippen LogP contribution in [0.2, 0.25) is 0 Å². The first-order valence-corrected chi connectivity index (χ1v) is 19.5. The summed E-state index contributed by atoms with van der Waals surface area (Å²) >= 11 is 3.99. The first kappa shape index (κ1) is 32.7. The quantitative estimate of drug-likeness (QED) is 0.163. The predicted octanol–water partition coefficient (Wildman–Crippen LogP) is 14.3. The van der Waals surface area contributed by atoms with Gasteiger partial charge in [0.2, 0.25) is 0 Å². The molecule has 0 fully saturated rings. The van der Waals surface area contributed by atoms with Gasteiger partial charge in [0, 0.05) is 21.3 Å². The molecule has 1 nitrogen and oxygen atoms in total. The second-order valence-electron chi connectivity index (χ2n) is 15.0. The van der Waals surface area contributed by atoms with Crippen molar-refractivity contribution in [3.05, 3.63) is 232 Å². The van der Waals surface area contributed by atoms with Gasteiger partial charge in [0.05, 0.1) is 11.1 Å². The third-order valence-electron chi connectivity index (χ3n) is 11.8. The molecule has 0 radical (unpaired) electrons. The van der Waals surface area contributed by atoms with Crippen LogP contribution in [-0.4, -0.2) is 0 Å². The van der Waals surface area contributed by atoms with E-state index in [1.807, 2.05) is 0 Å². The van der Waals surface area contributed by atoms with Gasteiger partial charge < -0.3 is 4.90 Å². The van der Waals surface area contributed by atoms with Crippen molar-refractivity contribution in [1.29, 1.82) is 0 Å². The van der Waals surface area contributed by atoms with Gasteiger partial charge in [0.15, 0.2) is 0 Å². The van der Waals surface area contributed by atoms with Crippen LogP contribution in [0.4, 0.5) is 17.1 Å². The molecule has 0 N–H and O–H groups in total. The summed E-state index contributed by atoms with van der Waals surface area (Å²) in [4.78, 5) is 2.49. The molecule has 0 amide bonds. The zero-order valence-electron chi connectivity index (χ0n) is 30.3. The molecule has 8 aromatic carbocycles. The Morgan fingerprint density at radius 3 is 1.65 bits per heavy atom. The minimum Gasteiger partial charge on any atom is -0.310 e. The van der Waals surface area contributed by atoms with Crippen LogP contribution in [0.15, 0.2) is 199 Å². The molecule has 0 unspecified atom stereocenters. The number of halogens is 1. The summed E-state index contributed by atoms with van der Waals surface area (Å²) in [6.07, 6.45) is 0. The molecule has 54 heavy (non-hydrogen) atoms. The van der Waals surface area contributed by atoms with Gasteiger partial charge >= 0.3 is 0 Å². The van der Waals surface area contributed by atoms with Crippen molar-refractivity contribution in [1.82, 2.24) is 0 Å². The molecule has 0 aliphatic heterocycles. The van der Waals surface area contributed by atoms with E-state index in [0.717, 1.165) is 15.8 Å². The Kier molecular flexibility index (Phi) is 7.61. The van der Waals surface area contributed by atoms with Crippen LogP contribution in [0.5, 0.6) is 0 Å². The van der Waals surface area contributed by atoms with Gasteiger partial charge in [-0.1, -0.05) is 181 Å². The molecular formula is C52H38BrN. The number of hydrogen-bond donors (Lipinski definition) is 0. The minimum absolute atomic E-state index is 0.261. The van der Waals surface area contributed by atoms with Gasteiger partial charge in [-0.05, 0) is 109 Å². The molecule has 10 rings (SSSR count). The zero-order valence-corrected chi connectivity index (χ0v) is 31.9. The fourth-order valence-electron chi connectivity index (χ4n) is 9.45. The molecule has 2 heteroatoms. The summed E-state index contributed by atoms with van der Waals surface area (Å²) in [5.74, 6) is 0. The Hall–Kier alpha value is -5.96. The normalized spacial score (nSPS) is 14.1. The van der Waals surface area contributed by atoms with Crippen molar-refractivity contribution < 1.29 is 0 Å². The summed E-state index contributed by atoms with van der Waals surface area (Å²) in [7, 11) is 0. The largest absolute Gasteiger partial charge is 0.310 e. The molecule has 8 aromatic rings. The number of para-hydroxylation sites is 1. The Bertz CT molecular complexity index is 2640. The Morgan fingerprint density at radius 2 is 0.963 bits per heavy atom. The number of benzene rings is 8. The molecule has 0 saturated heterocycles. The highest BCUT2D eigenvalue weighted by molar-refractivity contribution is 9.10. The molecule has 0 bridgehead atoms. The highest BCUT2D eigenvalue weighted by Crippen LogP contribution is 2.59. The molecular weight excluding hydrogens is 718 g/mol. The van der Waals surface area contributed by atoms with Crippen molar-refractivity contribution >= 4 is 33.0 Å². The zero-order chi connectivity index (χ0) is 36.4. The lowest BCUT2D eigenvalue weighted by molar-refractivity contribution is 0.661. The molecule has 0 saturated carbocycles. The average Bonchev–Trinajstić information content (AvgIpc) is 3.64. The first-order chi connectivity index (χ1) is 26.5. The average molecular weight is 757 g/mol. The van der Waals surface area contributed by atoms with E-state index in [0.29, 0.717) is 0 Å². The topological polar surface area (TPSA) is 3.24 Å². The van der Waals surface area contributed by atoms with E-state index < -0.39 is 5.41 Å². The van der Waals surface area contributed by atoms with E-state index in [-0.39, 0.29) is 5.41 Å². The van der Waals surface area contributed by atoms with Crippen molar-refractivity contribution in [2.45, 2.75) is 24.7 Å². The molecule has 258 valence electrons. The van der Waals surface area contributed by atoms with Crippen LogP contribution in [0.25, 0.3) is 33.4 Å². The fourth-order valence-corrected chi connectivity index (χ4v) is 9.90. The number of fused-ring (bicyclic) bond motifs is 6. The highest BCUT2D eigenvalue weighted by atomic mass is 79.9. The number of hydrogen-bond acceptors (Lipinski definition) is 1. The molecule has 0 spiro atoms. The van der Waals surface area contributed by atoms with Crippen molar-refractivity contribution in [3.8, 4) is 33.4 Å². The molecule has 0 heterocycles. The summed E-state index contributed by atoms with van der Waals surface area (Å²) in [6.45, 7) is 4.78. The van der Waals surface area contributed by atoms with E-state index in [1.54, 1.807) is 0 Å². The third-order valence-corrected chi connectivity index (χ3v) is 12.2. The smallest absolute Gasteiger partial charge is 0.0714 e. The number of nitrogens with zero attached hydrogens (tertiary/aromatic N) is 1. The Morgan fingerprint density at radius 1 is 0.407 bits per heavy atom.